The molecule has 6 rings (SSSR count). The Bertz CT molecular complexity index is 2110. The van der Waals surface area contributed by atoms with Gasteiger partial charge in [0.05, 0.1) is 36.6 Å². The zero-order valence-electron chi connectivity index (χ0n) is 33.7. The van der Waals surface area contributed by atoms with Crippen molar-refractivity contribution in [1.29, 1.82) is 0 Å². The van der Waals surface area contributed by atoms with Gasteiger partial charge in [-0.3, -0.25) is 4.90 Å². The first-order valence-electron chi connectivity index (χ1n) is 19.4. The molecule has 3 aromatic carbocycles. The highest BCUT2D eigenvalue weighted by Gasteiger charge is 2.32. The van der Waals surface area contributed by atoms with Gasteiger partial charge in [-0.25, -0.2) is 18.9 Å². The fraction of sp³-hybridized carbons (Fsp3) is 0.452. The summed E-state index contributed by atoms with van der Waals surface area (Å²) in [6, 6.07) is 21.4. The predicted octanol–water partition coefficient (Wildman–Crippen LogP) is 9.94. The molecule has 0 fully saturated rings. The fourth-order valence-electron chi connectivity index (χ4n) is 6.59. The maximum absolute atomic E-state index is 15.7. The Morgan fingerprint density at radius 1 is 0.873 bits per heavy atom. The van der Waals surface area contributed by atoms with Crippen molar-refractivity contribution >= 4 is 33.1 Å². The van der Waals surface area contributed by atoms with E-state index in [-0.39, 0.29) is 31.9 Å². The van der Waals surface area contributed by atoms with E-state index in [0.717, 1.165) is 56.6 Å². The molecule has 0 atom stereocenters. The summed E-state index contributed by atoms with van der Waals surface area (Å²) in [6.45, 7) is 21.0. The number of benzene rings is 3. The van der Waals surface area contributed by atoms with E-state index in [2.05, 4.69) is 56.8 Å². The van der Waals surface area contributed by atoms with E-state index in [4.69, 9.17) is 29.0 Å². The molecule has 0 bridgehead atoms. The predicted molar refractivity (Wildman–Crippen MR) is 221 cm³/mol. The highest BCUT2D eigenvalue weighted by Crippen LogP contribution is 2.37. The summed E-state index contributed by atoms with van der Waals surface area (Å²) in [6.07, 6.45) is 0.341. The topological polar surface area (TPSA) is 92.9 Å². The molecule has 0 saturated carbocycles. The van der Waals surface area contributed by atoms with Crippen molar-refractivity contribution in [3.63, 3.8) is 0 Å². The average molecular weight is 786 g/mol. The average Bonchev–Trinajstić information content (AvgIpc) is 3.82. The van der Waals surface area contributed by atoms with Crippen molar-refractivity contribution in [2.45, 2.75) is 105 Å². The fourth-order valence-corrected chi connectivity index (χ4v) is 8.11. The molecular formula is C42H56FN5O5Si2. The second-order valence-electron chi connectivity index (χ2n) is 16.7. The van der Waals surface area contributed by atoms with Gasteiger partial charge in [0.2, 0.25) is 0 Å². The van der Waals surface area contributed by atoms with E-state index in [9.17, 15) is 4.79 Å². The van der Waals surface area contributed by atoms with Crippen LogP contribution >= 0.6 is 0 Å². The lowest BCUT2D eigenvalue weighted by molar-refractivity contribution is 0.0809. The zero-order chi connectivity index (χ0) is 39.3. The molecule has 3 heterocycles. The minimum absolute atomic E-state index is 0.238. The minimum Gasteiger partial charge on any atom is -0.486 e. The van der Waals surface area contributed by atoms with Gasteiger partial charge in [0.15, 0.2) is 17.4 Å². The molecule has 5 aromatic rings. The number of nitrogens with zero attached hydrogens (tertiary/aromatic N) is 5. The smallest absolute Gasteiger partial charge is 0.410 e. The lowest BCUT2D eigenvalue weighted by Crippen LogP contribution is -2.27. The third kappa shape index (κ3) is 9.93. The Morgan fingerprint density at radius 3 is 2.25 bits per heavy atom. The summed E-state index contributed by atoms with van der Waals surface area (Å²) in [4.78, 5) is 19.5. The summed E-state index contributed by atoms with van der Waals surface area (Å²) < 4.78 is 43.5. The molecule has 2 aromatic heterocycles. The number of amides is 1. The standard InChI is InChI=1S/C42H56FN5O5Si2/c1-9-31-23-39(53-27-30-14-12-11-13-15-30)35(43)24-34(31)32-16-17-33-37(22-32)48(29-51-19-21-55(6,7)8)45-40(33)41-44-36-25-46(42(49)52-10-2)26-38(36)47(41)28-50-18-20-54(3,4)5/h11-17,22-24H,9-10,18-21,25-29H2,1-8H3. The molecule has 0 N–H and O–H groups in total. The van der Waals surface area contributed by atoms with Gasteiger partial charge >= 0.3 is 6.09 Å². The van der Waals surface area contributed by atoms with Crippen LogP contribution in [-0.4, -0.2) is 66.3 Å². The second kappa shape index (κ2) is 17.2. The first-order chi connectivity index (χ1) is 26.2. The van der Waals surface area contributed by atoms with Gasteiger partial charge in [0, 0.05) is 34.7 Å². The second-order valence-corrected chi connectivity index (χ2v) is 27.9. The van der Waals surface area contributed by atoms with Crippen LogP contribution in [0.2, 0.25) is 51.4 Å². The van der Waals surface area contributed by atoms with Gasteiger partial charge in [0.1, 0.15) is 25.8 Å². The van der Waals surface area contributed by atoms with Gasteiger partial charge in [-0.15, -0.1) is 0 Å². The summed E-state index contributed by atoms with van der Waals surface area (Å²) in [5, 5.41) is 6.05. The number of aromatic nitrogens is 4. The third-order valence-electron chi connectivity index (χ3n) is 9.84. The highest BCUT2D eigenvalue weighted by atomic mass is 28.3. The van der Waals surface area contributed by atoms with Crippen molar-refractivity contribution in [1.82, 2.24) is 24.2 Å². The molecular weight excluding hydrogens is 730 g/mol. The van der Waals surface area contributed by atoms with E-state index in [1.807, 2.05) is 60.1 Å². The number of hydrogen-bond acceptors (Lipinski definition) is 7. The molecule has 0 saturated heterocycles. The van der Waals surface area contributed by atoms with Crippen LogP contribution in [0.3, 0.4) is 0 Å². The summed E-state index contributed by atoms with van der Waals surface area (Å²) in [5.41, 5.74) is 6.92. The van der Waals surface area contributed by atoms with Crippen LogP contribution in [0.25, 0.3) is 33.5 Å². The summed E-state index contributed by atoms with van der Waals surface area (Å²) in [5.74, 6) is 0.511. The number of halogens is 1. The molecule has 0 radical (unpaired) electrons. The van der Waals surface area contributed by atoms with Crippen molar-refractivity contribution in [3.8, 4) is 28.4 Å². The molecule has 1 aliphatic heterocycles. The van der Waals surface area contributed by atoms with E-state index in [1.165, 1.54) is 0 Å². The van der Waals surface area contributed by atoms with E-state index in [1.54, 1.807) is 11.0 Å². The Morgan fingerprint density at radius 2 is 1.58 bits per heavy atom. The van der Waals surface area contributed by atoms with Crippen LogP contribution in [0.4, 0.5) is 9.18 Å². The molecule has 1 aliphatic rings. The zero-order valence-corrected chi connectivity index (χ0v) is 35.7. The maximum Gasteiger partial charge on any atom is 0.410 e. The summed E-state index contributed by atoms with van der Waals surface area (Å²) in [7, 11) is -2.63. The molecule has 0 spiro atoms. The maximum atomic E-state index is 15.7. The number of aryl methyl sites for hydroxylation is 1. The number of hydrogen-bond donors (Lipinski definition) is 0. The van der Waals surface area contributed by atoms with Crippen LogP contribution in [0.1, 0.15) is 36.4 Å². The van der Waals surface area contributed by atoms with E-state index >= 15 is 4.39 Å². The Hall–Kier alpha value is -4.31. The monoisotopic (exact) mass is 785 g/mol. The van der Waals surface area contributed by atoms with Crippen molar-refractivity contribution < 1.29 is 28.1 Å². The van der Waals surface area contributed by atoms with Crippen LogP contribution in [-0.2, 0) is 53.8 Å². The van der Waals surface area contributed by atoms with Crippen molar-refractivity contribution in [2.24, 2.45) is 0 Å². The Labute approximate surface area is 326 Å². The van der Waals surface area contributed by atoms with Gasteiger partial charge in [-0.05, 0) is 72.0 Å². The van der Waals surface area contributed by atoms with E-state index < -0.39 is 22.0 Å². The third-order valence-corrected chi connectivity index (χ3v) is 13.2. The molecule has 13 heteroatoms. The lowest BCUT2D eigenvalue weighted by Gasteiger charge is -2.18. The number of carbonyl (C=O) groups is 1. The van der Waals surface area contributed by atoms with Crippen LogP contribution in [0.5, 0.6) is 5.75 Å². The summed E-state index contributed by atoms with van der Waals surface area (Å²) >= 11 is 0. The largest absolute Gasteiger partial charge is 0.486 e. The number of imidazole rings is 1. The molecule has 55 heavy (non-hydrogen) atoms. The van der Waals surface area contributed by atoms with Gasteiger partial charge in [-0.1, -0.05) is 82.6 Å². The van der Waals surface area contributed by atoms with Gasteiger partial charge in [0.25, 0.3) is 0 Å². The molecule has 10 nitrogen and oxygen atoms in total. The number of rotatable bonds is 17. The molecule has 0 unspecified atom stereocenters. The first-order valence-corrected chi connectivity index (χ1v) is 26.8. The Kier molecular flexibility index (Phi) is 12.6. The van der Waals surface area contributed by atoms with Crippen LogP contribution in [0.15, 0.2) is 60.7 Å². The van der Waals surface area contributed by atoms with Gasteiger partial charge < -0.3 is 23.5 Å². The normalized spacial score (nSPS) is 13.1. The molecule has 0 aliphatic carbocycles. The quantitative estimate of drug-likeness (QED) is 0.0685. The molecule has 1 amide bonds. The number of ether oxygens (including phenoxy) is 4. The number of fused-ring (bicyclic) bond motifs is 2. The van der Waals surface area contributed by atoms with Crippen LogP contribution in [0, 0.1) is 5.82 Å². The van der Waals surface area contributed by atoms with Gasteiger partial charge in [-0.2, -0.15) is 5.10 Å². The minimum atomic E-state index is -1.32. The number of carbonyl (C=O) groups excluding carboxylic acids is 1. The Balaban J connectivity index is 1.38. The highest BCUT2D eigenvalue weighted by molar-refractivity contribution is 6.76. The van der Waals surface area contributed by atoms with Crippen molar-refractivity contribution in [2.75, 3.05) is 19.8 Å². The van der Waals surface area contributed by atoms with E-state index in [0.29, 0.717) is 50.8 Å². The van der Waals surface area contributed by atoms with Crippen LogP contribution < -0.4 is 4.74 Å². The first kappa shape index (κ1) is 40.4. The lowest BCUT2D eigenvalue weighted by atomic mass is 9.96. The SMILES string of the molecule is CCOC(=O)N1Cc2nc(-c3nn(COCC[Si](C)(C)C)c4cc(-c5cc(F)c(OCc6ccccc6)cc5CC)ccc34)n(COCC[Si](C)(C)C)c2C1. The molecule has 294 valence electrons. The van der Waals surface area contributed by atoms with Crippen molar-refractivity contribution in [3.05, 3.63) is 89.0 Å².